The van der Waals surface area contributed by atoms with E-state index in [1.165, 1.54) is 12.8 Å². The molecule has 3 rings (SSSR count). The highest BCUT2D eigenvalue weighted by Crippen LogP contribution is 2.32. The van der Waals surface area contributed by atoms with Crippen LogP contribution in [0.1, 0.15) is 32.6 Å². The molecule has 1 fully saturated rings. The highest BCUT2D eigenvalue weighted by Gasteiger charge is 2.41. The molecule has 0 saturated heterocycles. The van der Waals surface area contributed by atoms with Gasteiger partial charge >= 0.3 is 0 Å². The lowest BCUT2D eigenvalue weighted by Gasteiger charge is -2.44. The van der Waals surface area contributed by atoms with E-state index in [-0.39, 0.29) is 11.9 Å². The maximum Gasteiger partial charge on any atom is 0.277 e. The molecule has 2 heterocycles. The normalized spacial score (nSPS) is 35.2. The molecule has 0 aromatic carbocycles. The number of nitrogens with two attached hydrogens (primary N) is 1. The Balaban J connectivity index is 1.99. The monoisotopic (exact) mass is 283 g/mol. The minimum Gasteiger partial charge on any atom is -0.346 e. The molecule has 2 atom stereocenters. The van der Waals surface area contributed by atoms with Crippen LogP contribution in [0.2, 0.25) is 0 Å². The summed E-state index contributed by atoms with van der Waals surface area (Å²) < 4.78 is 0. The van der Waals surface area contributed by atoms with Gasteiger partial charge in [0.25, 0.3) is 5.91 Å². The van der Waals surface area contributed by atoms with E-state index in [2.05, 4.69) is 27.4 Å². The van der Waals surface area contributed by atoms with Crippen LogP contribution in [0.4, 0.5) is 0 Å². The molecular weight excluding hydrogens is 266 g/mol. The Hall–Kier alpha value is -1.27. The van der Waals surface area contributed by atoms with Gasteiger partial charge in [-0.3, -0.25) is 10.5 Å². The van der Waals surface area contributed by atoms with Gasteiger partial charge in [0, 0.05) is 12.3 Å². The lowest BCUT2D eigenvalue weighted by Crippen LogP contribution is -2.67. The Morgan fingerprint density at radius 3 is 2.84 bits per heavy atom. The largest absolute Gasteiger partial charge is 0.346 e. The number of hydrogen-bond acceptors (Lipinski definition) is 5. The van der Waals surface area contributed by atoms with Gasteiger partial charge < -0.3 is 15.5 Å². The van der Waals surface area contributed by atoms with Gasteiger partial charge in [0.15, 0.2) is 5.70 Å². The molecule has 1 amide bonds. The minimum absolute atomic E-state index is 0.132. The number of amides is 1. The van der Waals surface area contributed by atoms with Crippen molar-refractivity contribution in [3.05, 3.63) is 11.5 Å². The number of halogens is 1. The molecule has 1 saturated carbocycles. The minimum atomic E-state index is -1.45. The van der Waals surface area contributed by atoms with Gasteiger partial charge in [-0.1, -0.05) is 24.4 Å². The molecule has 0 radical (unpaired) electrons. The molecule has 1 unspecified atom stereocenters. The van der Waals surface area contributed by atoms with E-state index in [1.54, 1.807) is 6.21 Å². The smallest absolute Gasteiger partial charge is 0.277 e. The summed E-state index contributed by atoms with van der Waals surface area (Å²) in [5.74, 6) is 0.320. The second-order valence-electron chi connectivity index (χ2n) is 5.35. The molecule has 6 nitrogen and oxygen atoms in total. The Bertz CT molecular complexity index is 467. The number of carbonyl (C=O) groups excluding carboxylic acids is 1. The number of hydrogen-bond donors (Lipinski definition) is 3. The summed E-state index contributed by atoms with van der Waals surface area (Å²) in [5, 5.41) is 4.02. The molecule has 4 N–H and O–H groups in total. The van der Waals surface area contributed by atoms with Crippen LogP contribution in [0.5, 0.6) is 0 Å². The van der Waals surface area contributed by atoms with Crippen molar-refractivity contribution in [1.82, 2.24) is 15.5 Å². The van der Waals surface area contributed by atoms with Gasteiger partial charge in [0.05, 0.1) is 6.04 Å². The highest BCUT2D eigenvalue weighted by atomic mass is 35.5. The number of rotatable bonds is 1. The lowest BCUT2D eigenvalue weighted by molar-refractivity contribution is -0.119. The SMILES string of the molecule is CC1C=NC2=C(N[C@@](N)(Cl)NC2=O)N1C1CCCC1. The fourth-order valence-corrected chi connectivity index (χ4v) is 3.23. The van der Waals surface area contributed by atoms with Crippen molar-refractivity contribution in [2.24, 2.45) is 10.7 Å². The molecule has 0 aromatic rings. The van der Waals surface area contributed by atoms with Crippen molar-refractivity contribution in [2.45, 2.75) is 49.9 Å². The van der Waals surface area contributed by atoms with E-state index < -0.39 is 5.25 Å². The van der Waals surface area contributed by atoms with Crippen molar-refractivity contribution >= 4 is 23.7 Å². The van der Waals surface area contributed by atoms with Crippen LogP contribution in [-0.2, 0) is 4.79 Å². The molecule has 1 aliphatic carbocycles. The first-order chi connectivity index (χ1) is 8.98. The Morgan fingerprint density at radius 2 is 2.16 bits per heavy atom. The zero-order valence-corrected chi connectivity index (χ0v) is 11.6. The van der Waals surface area contributed by atoms with Crippen LogP contribution < -0.4 is 16.4 Å². The third-order valence-corrected chi connectivity index (χ3v) is 4.06. The van der Waals surface area contributed by atoms with Gasteiger partial charge in [-0.15, -0.1) is 0 Å². The first-order valence-corrected chi connectivity index (χ1v) is 7.01. The second kappa shape index (κ2) is 4.38. The van der Waals surface area contributed by atoms with Gasteiger partial charge in [-0.2, -0.15) is 0 Å². The zero-order valence-electron chi connectivity index (χ0n) is 10.8. The van der Waals surface area contributed by atoms with Gasteiger partial charge in [0.1, 0.15) is 5.82 Å². The summed E-state index contributed by atoms with van der Waals surface area (Å²) in [7, 11) is 0. The van der Waals surface area contributed by atoms with Crippen LogP contribution in [0, 0.1) is 0 Å². The predicted molar refractivity (Wildman–Crippen MR) is 73.1 cm³/mol. The lowest BCUT2D eigenvalue weighted by atomic mass is 10.1. The quantitative estimate of drug-likeness (QED) is 0.481. The summed E-state index contributed by atoms with van der Waals surface area (Å²) in [6, 6.07) is 0.547. The predicted octanol–water partition coefficient (Wildman–Crippen LogP) is 0.401. The molecule has 104 valence electrons. The van der Waals surface area contributed by atoms with Crippen LogP contribution >= 0.6 is 11.6 Å². The van der Waals surface area contributed by atoms with E-state index >= 15 is 0 Å². The Morgan fingerprint density at radius 1 is 1.47 bits per heavy atom. The Kier molecular flexibility index (Phi) is 2.94. The average molecular weight is 284 g/mol. The number of aliphatic imine (C=N–C) groups is 1. The van der Waals surface area contributed by atoms with Crippen molar-refractivity contribution in [3.63, 3.8) is 0 Å². The molecule has 19 heavy (non-hydrogen) atoms. The van der Waals surface area contributed by atoms with Gasteiger partial charge in [0.2, 0.25) is 5.25 Å². The number of alkyl halides is 1. The molecular formula is C12H18ClN5O. The fraction of sp³-hybridized carbons (Fsp3) is 0.667. The zero-order chi connectivity index (χ0) is 13.6. The maximum absolute atomic E-state index is 12.0. The van der Waals surface area contributed by atoms with Crippen molar-refractivity contribution in [3.8, 4) is 0 Å². The van der Waals surface area contributed by atoms with Crippen LogP contribution in [-0.4, -0.2) is 34.4 Å². The fourth-order valence-electron chi connectivity index (χ4n) is 3.06. The number of nitrogens with zero attached hydrogens (tertiary/aromatic N) is 2. The topological polar surface area (TPSA) is 82.7 Å². The summed E-state index contributed by atoms with van der Waals surface area (Å²) >= 11 is 6.03. The summed E-state index contributed by atoms with van der Waals surface area (Å²) in [6.07, 6.45) is 6.48. The third-order valence-electron chi connectivity index (χ3n) is 3.87. The molecule has 3 aliphatic rings. The molecule has 0 bridgehead atoms. The summed E-state index contributed by atoms with van der Waals surface area (Å²) in [5.41, 5.74) is 6.16. The average Bonchev–Trinajstić information content (AvgIpc) is 2.80. The molecule has 0 spiro atoms. The third kappa shape index (κ3) is 2.19. The van der Waals surface area contributed by atoms with Crippen LogP contribution in [0.3, 0.4) is 0 Å². The maximum atomic E-state index is 12.0. The van der Waals surface area contributed by atoms with E-state index in [4.69, 9.17) is 17.3 Å². The summed E-state index contributed by atoms with van der Waals surface area (Å²) in [6.45, 7) is 2.06. The molecule has 0 aromatic heterocycles. The van der Waals surface area contributed by atoms with E-state index in [0.29, 0.717) is 17.6 Å². The molecule has 7 heteroatoms. The van der Waals surface area contributed by atoms with Crippen LogP contribution in [0.15, 0.2) is 16.5 Å². The van der Waals surface area contributed by atoms with Crippen molar-refractivity contribution in [1.29, 1.82) is 0 Å². The van der Waals surface area contributed by atoms with E-state index in [0.717, 1.165) is 12.8 Å². The standard InChI is InChI=1S/C12H18ClN5O/c1-7-6-15-9-10(16-12(13,14)17-11(9)19)18(7)8-4-2-3-5-8/h6-8,16H,2-5,14H2,1H3,(H,17,19)/t7?,12-/m0/s1. The second-order valence-corrected chi connectivity index (χ2v) is 5.95. The highest BCUT2D eigenvalue weighted by molar-refractivity contribution is 6.25. The van der Waals surface area contributed by atoms with Crippen molar-refractivity contribution in [2.75, 3.05) is 0 Å². The van der Waals surface area contributed by atoms with E-state index in [9.17, 15) is 4.79 Å². The van der Waals surface area contributed by atoms with Crippen LogP contribution in [0.25, 0.3) is 0 Å². The Labute approximate surface area is 117 Å². The van der Waals surface area contributed by atoms with Gasteiger partial charge in [-0.25, -0.2) is 4.99 Å². The first kappa shape index (κ1) is 12.7. The number of nitrogens with one attached hydrogen (secondary N) is 2. The number of carbonyl (C=O) groups is 1. The van der Waals surface area contributed by atoms with E-state index in [1.807, 2.05) is 0 Å². The molecule has 2 aliphatic heterocycles. The summed E-state index contributed by atoms with van der Waals surface area (Å²) in [4.78, 5) is 18.4. The first-order valence-electron chi connectivity index (χ1n) is 6.63. The van der Waals surface area contributed by atoms with Gasteiger partial charge in [-0.05, 0) is 19.8 Å². The van der Waals surface area contributed by atoms with Crippen molar-refractivity contribution < 1.29 is 4.79 Å².